The number of carbonyl (C=O) groups is 1. The molecule has 1 heterocycles. The molecule has 1 unspecified atom stereocenters. The van der Waals surface area contributed by atoms with Crippen LogP contribution in [0.1, 0.15) is 6.92 Å². The number of hydrogen-bond donors (Lipinski definition) is 2. The van der Waals surface area contributed by atoms with Crippen LogP contribution in [0.25, 0.3) is 0 Å². The van der Waals surface area contributed by atoms with Crippen LogP contribution in [0.2, 0.25) is 0 Å². The SMILES string of the molecule is COc1ccccc1NC(=O)CN1CCNC(C)C1. The van der Waals surface area contributed by atoms with E-state index in [1.165, 1.54) is 0 Å². The van der Waals surface area contributed by atoms with Crippen molar-refractivity contribution in [3.63, 3.8) is 0 Å². The lowest BCUT2D eigenvalue weighted by Gasteiger charge is -2.31. The highest BCUT2D eigenvalue weighted by atomic mass is 16.5. The summed E-state index contributed by atoms with van der Waals surface area (Å²) in [6, 6.07) is 7.88. The summed E-state index contributed by atoms with van der Waals surface area (Å²) in [5.74, 6) is 0.683. The minimum Gasteiger partial charge on any atom is -0.495 e. The van der Waals surface area contributed by atoms with E-state index >= 15 is 0 Å². The molecule has 2 rings (SSSR count). The third kappa shape index (κ3) is 3.94. The molecule has 5 heteroatoms. The molecule has 1 saturated heterocycles. The first-order valence-electron chi connectivity index (χ1n) is 6.57. The van der Waals surface area contributed by atoms with E-state index in [-0.39, 0.29) is 5.91 Å². The van der Waals surface area contributed by atoms with Gasteiger partial charge in [0.2, 0.25) is 5.91 Å². The third-order valence-electron chi connectivity index (χ3n) is 3.20. The van der Waals surface area contributed by atoms with Crippen molar-refractivity contribution in [2.45, 2.75) is 13.0 Å². The molecule has 1 aliphatic rings. The van der Waals surface area contributed by atoms with Crippen LogP contribution >= 0.6 is 0 Å². The number of nitrogens with one attached hydrogen (secondary N) is 2. The summed E-state index contributed by atoms with van der Waals surface area (Å²) in [7, 11) is 1.60. The summed E-state index contributed by atoms with van der Waals surface area (Å²) < 4.78 is 5.21. The number of benzene rings is 1. The minimum absolute atomic E-state index is 0.00130. The second-order valence-electron chi connectivity index (χ2n) is 4.84. The smallest absolute Gasteiger partial charge is 0.238 e. The minimum atomic E-state index is -0.00130. The maximum Gasteiger partial charge on any atom is 0.238 e. The fourth-order valence-corrected chi connectivity index (χ4v) is 2.30. The fourth-order valence-electron chi connectivity index (χ4n) is 2.30. The first-order valence-corrected chi connectivity index (χ1v) is 6.57. The van der Waals surface area contributed by atoms with Gasteiger partial charge in [-0.3, -0.25) is 9.69 Å². The van der Waals surface area contributed by atoms with Gasteiger partial charge in [0.1, 0.15) is 5.75 Å². The van der Waals surface area contributed by atoms with E-state index in [0.29, 0.717) is 18.3 Å². The van der Waals surface area contributed by atoms with Gasteiger partial charge in [0.25, 0.3) is 0 Å². The number of ether oxygens (including phenoxy) is 1. The number of piperazine rings is 1. The molecule has 1 aromatic carbocycles. The Morgan fingerprint density at radius 3 is 3.05 bits per heavy atom. The molecule has 1 amide bonds. The highest BCUT2D eigenvalue weighted by molar-refractivity contribution is 5.93. The fraction of sp³-hybridized carbons (Fsp3) is 0.500. The number of amides is 1. The Morgan fingerprint density at radius 2 is 2.32 bits per heavy atom. The lowest BCUT2D eigenvalue weighted by molar-refractivity contribution is -0.117. The van der Waals surface area contributed by atoms with Crippen molar-refractivity contribution in [3.05, 3.63) is 24.3 Å². The van der Waals surface area contributed by atoms with E-state index in [1.54, 1.807) is 7.11 Å². The molecular weight excluding hydrogens is 242 g/mol. The Balaban J connectivity index is 1.90. The molecule has 0 aliphatic carbocycles. The van der Waals surface area contributed by atoms with Gasteiger partial charge in [0.15, 0.2) is 0 Å². The predicted octanol–water partition coefficient (Wildman–Crippen LogP) is 0.927. The van der Waals surface area contributed by atoms with Crippen LogP contribution in [0.5, 0.6) is 5.75 Å². The average Bonchev–Trinajstić information content (AvgIpc) is 2.39. The molecule has 0 bridgehead atoms. The second-order valence-corrected chi connectivity index (χ2v) is 4.84. The average molecular weight is 263 g/mol. The predicted molar refractivity (Wildman–Crippen MR) is 75.5 cm³/mol. The Kier molecular flexibility index (Phi) is 4.76. The van der Waals surface area contributed by atoms with Crippen molar-refractivity contribution >= 4 is 11.6 Å². The number of anilines is 1. The van der Waals surface area contributed by atoms with Gasteiger partial charge in [-0.2, -0.15) is 0 Å². The highest BCUT2D eigenvalue weighted by Gasteiger charge is 2.18. The lowest BCUT2D eigenvalue weighted by Crippen LogP contribution is -2.51. The van der Waals surface area contributed by atoms with Crippen LogP contribution in [0.4, 0.5) is 5.69 Å². The summed E-state index contributed by atoms with van der Waals surface area (Å²) in [4.78, 5) is 14.2. The molecule has 0 radical (unpaired) electrons. The van der Waals surface area contributed by atoms with Crippen LogP contribution in [-0.4, -0.2) is 50.1 Å². The Labute approximate surface area is 113 Å². The Morgan fingerprint density at radius 1 is 1.53 bits per heavy atom. The van der Waals surface area contributed by atoms with Crippen LogP contribution in [0, 0.1) is 0 Å². The summed E-state index contributed by atoms with van der Waals surface area (Å²) in [6.45, 7) is 5.29. The molecule has 0 saturated carbocycles. The van der Waals surface area contributed by atoms with Gasteiger partial charge in [0, 0.05) is 25.7 Å². The molecule has 1 atom stereocenters. The highest BCUT2D eigenvalue weighted by Crippen LogP contribution is 2.22. The summed E-state index contributed by atoms with van der Waals surface area (Å²) in [6.07, 6.45) is 0. The summed E-state index contributed by atoms with van der Waals surface area (Å²) in [5.41, 5.74) is 0.721. The van der Waals surface area contributed by atoms with E-state index in [0.717, 1.165) is 25.3 Å². The van der Waals surface area contributed by atoms with Crippen molar-refractivity contribution < 1.29 is 9.53 Å². The van der Waals surface area contributed by atoms with Gasteiger partial charge in [-0.25, -0.2) is 0 Å². The van der Waals surface area contributed by atoms with Crippen molar-refractivity contribution in [3.8, 4) is 5.75 Å². The van der Waals surface area contributed by atoms with Crippen molar-refractivity contribution in [2.75, 3.05) is 38.6 Å². The molecular formula is C14H21N3O2. The van der Waals surface area contributed by atoms with Crippen LogP contribution in [-0.2, 0) is 4.79 Å². The zero-order chi connectivity index (χ0) is 13.7. The second kappa shape index (κ2) is 6.54. The van der Waals surface area contributed by atoms with Gasteiger partial charge >= 0.3 is 0 Å². The number of hydrogen-bond acceptors (Lipinski definition) is 4. The molecule has 1 aliphatic heterocycles. The van der Waals surface area contributed by atoms with Crippen molar-refractivity contribution in [1.82, 2.24) is 10.2 Å². The zero-order valence-corrected chi connectivity index (χ0v) is 11.5. The molecule has 19 heavy (non-hydrogen) atoms. The molecule has 1 fully saturated rings. The third-order valence-corrected chi connectivity index (χ3v) is 3.20. The molecule has 5 nitrogen and oxygen atoms in total. The first-order chi connectivity index (χ1) is 9.19. The largest absolute Gasteiger partial charge is 0.495 e. The molecule has 1 aromatic rings. The van der Waals surface area contributed by atoms with E-state index in [4.69, 9.17) is 4.74 Å². The number of methoxy groups -OCH3 is 1. The number of para-hydroxylation sites is 2. The molecule has 104 valence electrons. The van der Waals surface area contributed by atoms with Gasteiger partial charge in [-0.15, -0.1) is 0 Å². The van der Waals surface area contributed by atoms with E-state index in [1.807, 2.05) is 24.3 Å². The van der Waals surface area contributed by atoms with Gasteiger partial charge in [-0.1, -0.05) is 12.1 Å². The van der Waals surface area contributed by atoms with Crippen molar-refractivity contribution in [1.29, 1.82) is 0 Å². The van der Waals surface area contributed by atoms with Crippen LogP contribution < -0.4 is 15.4 Å². The van der Waals surface area contributed by atoms with Gasteiger partial charge in [0.05, 0.1) is 19.3 Å². The standard InChI is InChI=1S/C14H21N3O2/c1-11-9-17(8-7-15-11)10-14(18)16-12-5-3-4-6-13(12)19-2/h3-6,11,15H,7-10H2,1-2H3,(H,16,18). The van der Waals surface area contributed by atoms with Gasteiger partial charge < -0.3 is 15.4 Å². The zero-order valence-electron chi connectivity index (χ0n) is 11.5. The van der Waals surface area contributed by atoms with E-state index in [2.05, 4.69) is 22.5 Å². The lowest BCUT2D eigenvalue weighted by atomic mass is 10.2. The van der Waals surface area contributed by atoms with E-state index in [9.17, 15) is 4.79 Å². The maximum absolute atomic E-state index is 12.0. The van der Waals surface area contributed by atoms with Gasteiger partial charge in [-0.05, 0) is 19.1 Å². The van der Waals surface area contributed by atoms with E-state index < -0.39 is 0 Å². The van der Waals surface area contributed by atoms with Crippen molar-refractivity contribution in [2.24, 2.45) is 0 Å². The monoisotopic (exact) mass is 263 g/mol. The number of carbonyl (C=O) groups excluding carboxylic acids is 1. The Hall–Kier alpha value is -1.59. The molecule has 0 spiro atoms. The summed E-state index contributed by atoms with van der Waals surface area (Å²) in [5, 5.41) is 6.26. The molecule has 0 aromatic heterocycles. The van der Waals surface area contributed by atoms with Crippen LogP contribution in [0.15, 0.2) is 24.3 Å². The Bertz CT molecular complexity index is 436. The van der Waals surface area contributed by atoms with Crippen LogP contribution in [0.3, 0.4) is 0 Å². The number of rotatable bonds is 4. The number of nitrogens with zero attached hydrogens (tertiary/aromatic N) is 1. The topological polar surface area (TPSA) is 53.6 Å². The first kappa shape index (κ1) is 13.8. The summed E-state index contributed by atoms with van der Waals surface area (Å²) >= 11 is 0. The quantitative estimate of drug-likeness (QED) is 0.848. The normalized spacial score (nSPS) is 20.0. The maximum atomic E-state index is 12.0. The molecule has 2 N–H and O–H groups in total.